The average Bonchev–Trinajstić information content (AvgIpc) is 2.99. The number of nitrogens with one attached hydrogen (secondary N) is 1. The van der Waals surface area contributed by atoms with Crippen LogP contribution in [0.15, 0.2) is 33.6 Å². The van der Waals surface area contributed by atoms with Crippen molar-refractivity contribution in [3.05, 3.63) is 28.7 Å². The predicted octanol–water partition coefficient (Wildman–Crippen LogP) is 1.36. The number of rotatable bonds is 6. The number of benzene rings is 1. The third kappa shape index (κ3) is 4.52. The highest BCUT2D eigenvalue weighted by Crippen LogP contribution is 2.17. The largest absolute Gasteiger partial charge is 0.376 e. The van der Waals surface area contributed by atoms with Gasteiger partial charge in [-0.15, -0.1) is 0 Å². The molecule has 0 aromatic heterocycles. The zero-order valence-electron chi connectivity index (χ0n) is 12.3. The summed E-state index contributed by atoms with van der Waals surface area (Å²) in [5.74, 6) is -0.335. The Morgan fingerprint density at radius 1 is 1.41 bits per heavy atom. The summed E-state index contributed by atoms with van der Waals surface area (Å²) in [4.78, 5) is 12.0. The number of nitrogens with zero attached hydrogens (tertiary/aromatic N) is 1. The smallest absolute Gasteiger partial charge is 0.243 e. The second kappa shape index (κ2) is 7.54. The van der Waals surface area contributed by atoms with E-state index in [-0.39, 0.29) is 23.5 Å². The quantitative estimate of drug-likeness (QED) is 0.795. The zero-order chi connectivity index (χ0) is 16.2. The third-order valence-electron chi connectivity index (χ3n) is 3.44. The number of carbonyl (C=O) groups is 1. The lowest BCUT2D eigenvalue weighted by Gasteiger charge is -2.18. The fraction of sp³-hybridized carbons (Fsp3) is 0.500. The summed E-state index contributed by atoms with van der Waals surface area (Å²) in [6, 6.07) is 6.30. The molecule has 1 aliphatic rings. The highest BCUT2D eigenvalue weighted by atomic mass is 79.9. The van der Waals surface area contributed by atoms with Crippen molar-refractivity contribution in [2.24, 2.45) is 0 Å². The summed E-state index contributed by atoms with van der Waals surface area (Å²) >= 11 is 3.26. The molecule has 1 saturated heterocycles. The Morgan fingerprint density at radius 2 is 2.09 bits per heavy atom. The van der Waals surface area contributed by atoms with Crippen molar-refractivity contribution in [3.8, 4) is 0 Å². The van der Waals surface area contributed by atoms with Crippen molar-refractivity contribution in [2.75, 3.05) is 26.7 Å². The molecule has 1 aromatic carbocycles. The Labute approximate surface area is 139 Å². The van der Waals surface area contributed by atoms with E-state index in [1.165, 1.54) is 19.2 Å². The summed E-state index contributed by atoms with van der Waals surface area (Å²) in [6.07, 6.45) is 1.96. The minimum absolute atomic E-state index is 0.0392. The van der Waals surface area contributed by atoms with Crippen LogP contribution in [0.5, 0.6) is 0 Å². The van der Waals surface area contributed by atoms with Crippen LogP contribution in [0, 0.1) is 0 Å². The van der Waals surface area contributed by atoms with Crippen LogP contribution in [0.25, 0.3) is 0 Å². The van der Waals surface area contributed by atoms with E-state index in [1.807, 2.05) is 0 Å². The number of hydrogen-bond acceptors (Lipinski definition) is 4. The van der Waals surface area contributed by atoms with E-state index >= 15 is 0 Å². The lowest BCUT2D eigenvalue weighted by atomic mass is 10.2. The standard InChI is InChI=1S/C14H19BrN2O4S/c1-17(10-14(18)16-9-12-3-2-8-21-12)22(19,20)13-6-4-11(15)5-7-13/h4-7,12H,2-3,8-10H2,1H3,(H,16,18)/t12-/m1/s1. The monoisotopic (exact) mass is 390 g/mol. The van der Waals surface area contributed by atoms with Gasteiger partial charge in [0.25, 0.3) is 0 Å². The lowest BCUT2D eigenvalue weighted by molar-refractivity contribution is -0.121. The summed E-state index contributed by atoms with van der Waals surface area (Å²) in [6.45, 7) is 0.925. The molecule has 1 amide bonds. The van der Waals surface area contributed by atoms with Crippen LogP contribution in [0.2, 0.25) is 0 Å². The molecule has 0 unspecified atom stereocenters. The van der Waals surface area contributed by atoms with E-state index in [4.69, 9.17) is 4.74 Å². The molecule has 0 spiro atoms. The molecule has 1 aliphatic heterocycles. The maximum Gasteiger partial charge on any atom is 0.243 e. The van der Waals surface area contributed by atoms with Gasteiger partial charge in [0, 0.05) is 24.7 Å². The van der Waals surface area contributed by atoms with E-state index in [0.29, 0.717) is 6.54 Å². The van der Waals surface area contributed by atoms with E-state index in [0.717, 1.165) is 28.2 Å². The summed E-state index contributed by atoms with van der Waals surface area (Å²) < 4.78 is 31.9. The molecule has 1 atom stereocenters. The number of sulfonamides is 1. The van der Waals surface area contributed by atoms with Gasteiger partial charge < -0.3 is 10.1 Å². The van der Waals surface area contributed by atoms with Crippen molar-refractivity contribution < 1.29 is 17.9 Å². The van der Waals surface area contributed by atoms with Gasteiger partial charge in [-0.05, 0) is 37.1 Å². The Kier molecular flexibility index (Phi) is 5.96. The molecule has 1 aromatic rings. The predicted molar refractivity (Wildman–Crippen MR) is 85.9 cm³/mol. The topological polar surface area (TPSA) is 75.7 Å². The van der Waals surface area contributed by atoms with Gasteiger partial charge in [-0.1, -0.05) is 15.9 Å². The van der Waals surface area contributed by atoms with E-state index in [2.05, 4.69) is 21.2 Å². The highest BCUT2D eigenvalue weighted by Gasteiger charge is 2.23. The number of hydrogen-bond donors (Lipinski definition) is 1. The molecular weight excluding hydrogens is 372 g/mol. The molecule has 8 heteroatoms. The molecule has 22 heavy (non-hydrogen) atoms. The van der Waals surface area contributed by atoms with Crippen molar-refractivity contribution in [2.45, 2.75) is 23.8 Å². The normalized spacial score (nSPS) is 18.6. The van der Waals surface area contributed by atoms with Crippen molar-refractivity contribution in [1.82, 2.24) is 9.62 Å². The van der Waals surface area contributed by atoms with Crippen LogP contribution >= 0.6 is 15.9 Å². The SMILES string of the molecule is CN(CC(=O)NC[C@H]1CCCO1)S(=O)(=O)c1ccc(Br)cc1. The zero-order valence-corrected chi connectivity index (χ0v) is 14.7. The Bertz CT molecular complexity index is 612. The van der Waals surface area contributed by atoms with Gasteiger partial charge in [-0.2, -0.15) is 4.31 Å². The second-order valence-corrected chi connectivity index (χ2v) is 8.11. The molecule has 1 fully saturated rings. The number of halogens is 1. The maximum absolute atomic E-state index is 12.3. The van der Waals surface area contributed by atoms with Gasteiger partial charge in [-0.3, -0.25) is 4.79 Å². The number of amides is 1. The molecule has 0 saturated carbocycles. The minimum Gasteiger partial charge on any atom is -0.376 e. The van der Waals surface area contributed by atoms with Gasteiger partial charge in [0.15, 0.2) is 0 Å². The van der Waals surface area contributed by atoms with Gasteiger partial charge in [0.1, 0.15) is 0 Å². The van der Waals surface area contributed by atoms with E-state index < -0.39 is 10.0 Å². The first-order chi connectivity index (χ1) is 10.4. The summed E-state index contributed by atoms with van der Waals surface area (Å²) in [7, 11) is -2.28. The van der Waals surface area contributed by atoms with Gasteiger partial charge in [-0.25, -0.2) is 8.42 Å². The second-order valence-electron chi connectivity index (χ2n) is 5.15. The number of ether oxygens (including phenoxy) is 1. The molecule has 0 bridgehead atoms. The van der Waals surface area contributed by atoms with E-state index in [9.17, 15) is 13.2 Å². The highest BCUT2D eigenvalue weighted by molar-refractivity contribution is 9.10. The van der Waals surface area contributed by atoms with Crippen molar-refractivity contribution >= 4 is 31.9 Å². The molecule has 0 radical (unpaired) electrons. The van der Waals surface area contributed by atoms with Crippen LogP contribution < -0.4 is 5.32 Å². The third-order valence-corrected chi connectivity index (χ3v) is 5.79. The molecule has 6 nitrogen and oxygen atoms in total. The molecular formula is C14H19BrN2O4S. The fourth-order valence-electron chi connectivity index (χ4n) is 2.16. The average molecular weight is 391 g/mol. The first kappa shape index (κ1) is 17.4. The Balaban J connectivity index is 1.90. The van der Waals surface area contributed by atoms with Crippen LogP contribution in [0.4, 0.5) is 0 Å². The fourth-order valence-corrected chi connectivity index (χ4v) is 3.55. The molecule has 1 N–H and O–H groups in total. The van der Waals surface area contributed by atoms with Crippen molar-refractivity contribution in [3.63, 3.8) is 0 Å². The maximum atomic E-state index is 12.3. The molecule has 1 heterocycles. The lowest BCUT2D eigenvalue weighted by Crippen LogP contribution is -2.40. The number of carbonyl (C=O) groups excluding carboxylic acids is 1. The van der Waals surface area contributed by atoms with Crippen molar-refractivity contribution in [1.29, 1.82) is 0 Å². The minimum atomic E-state index is -3.67. The van der Waals surface area contributed by atoms with Gasteiger partial charge >= 0.3 is 0 Å². The first-order valence-corrected chi connectivity index (χ1v) is 9.23. The molecule has 122 valence electrons. The Morgan fingerprint density at radius 3 is 2.68 bits per heavy atom. The van der Waals surface area contributed by atoms with Gasteiger partial charge in [0.2, 0.25) is 15.9 Å². The van der Waals surface area contributed by atoms with Crippen LogP contribution in [-0.4, -0.2) is 51.5 Å². The molecule has 0 aliphatic carbocycles. The summed E-state index contributed by atoms with van der Waals surface area (Å²) in [5, 5.41) is 2.71. The Hall–Kier alpha value is -0.960. The van der Waals surface area contributed by atoms with Crippen LogP contribution in [0.3, 0.4) is 0 Å². The van der Waals surface area contributed by atoms with E-state index in [1.54, 1.807) is 12.1 Å². The van der Waals surface area contributed by atoms with Crippen LogP contribution in [0.1, 0.15) is 12.8 Å². The number of likely N-dealkylation sites (N-methyl/N-ethyl adjacent to an activating group) is 1. The molecule has 2 rings (SSSR count). The van der Waals surface area contributed by atoms with Gasteiger partial charge in [0.05, 0.1) is 17.5 Å². The van der Waals surface area contributed by atoms with Crippen LogP contribution in [-0.2, 0) is 19.6 Å². The first-order valence-electron chi connectivity index (χ1n) is 7.00. The summed E-state index contributed by atoms with van der Waals surface area (Å²) in [5.41, 5.74) is 0.